The third-order valence-corrected chi connectivity index (χ3v) is 4.27. The largest absolute Gasteiger partial charge is 0.436 e. The number of aromatic nitrogens is 2. The van der Waals surface area contributed by atoms with Crippen LogP contribution >= 0.6 is 11.6 Å². The van der Waals surface area contributed by atoms with Crippen LogP contribution in [0.3, 0.4) is 0 Å². The maximum Gasteiger partial charge on any atom is 0.436 e. The third kappa shape index (κ3) is 5.19. The average molecular weight is 436 g/mol. The lowest BCUT2D eigenvalue weighted by molar-refractivity contribution is -0.394. The molecule has 1 amide bonds. The first-order chi connectivity index (χ1) is 13.4. The van der Waals surface area contributed by atoms with Crippen LogP contribution in [0.5, 0.6) is 0 Å². The first-order valence-electron chi connectivity index (χ1n) is 7.94. The van der Waals surface area contributed by atoms with Gasteiger partial charge in [-0.2, -0.15) is 18.3 Å². The number of nitrogens with one attached hydrogen (secondary N) is 1. The Balaban J connectivity index is 2.03. The zero-order chi connectivity index (χ0) is 21.9. The molecule has 0 bridgehead atoms. The molecule has 2 aromatic rings. The van der Waals surface area contributed by atoms with Crippen LogP contribution < -0.4 is 5.32 Å². The van der Waals surface area contributed by atoms with E-state index in [1.807, 2.05) is 0 Å². The van der Waals surface area contributed by atoms with Gasteiger partial charge in [-0.05, 0) is 13.3 Å². The Bertz CT molecular complexity index is 944. The lowest BCUT2D eigenvalue weighted by atomic mass is 10.1. The molecule has 0 unspecified atom stereocenters. The van der Waals surface area contributed by atoms with Gasteiger partial charge in [0.2, 0.25) is 0 Å². The van der Waals surface area contributed by atoms with Crippen LogP contribution in [0.1, 0.15) is 28.2 Å². The molecule has 0 aliphatic carbocycles. The summed E-state index contributed by atoms with van der Waals surface area (Å²) in [4.78, 5) is 32.1. The minimum atomic E-state index is -4.70. The molecule has 0 aliphatic heterocycles. The number of aryl methyl sites for hydroxylation is 1. The Labute approximate surface area is 165 Å². The number of carbonyl (C=O) groups is 1. The molecule has 29 heavy (non-hydrogen) atoms. The lowest BCUT2D eigenvalue weighted by Gasteiger charge is -2.07. The summed E-state index contributed by atoms with van der Waals surface area (Å²) >= 11 is 5.64. The highest BCUT2D eigenvalue weighted by Gasteiger charge is 2.38. The standard InChI is InChI=1S/C15H13ClF3N5O5/c1-8-12(16)13(15(17,18)19)21-22(8)4-2-3-20-14(25)9-5-10(23(26)27)7-11(6-9)24(28)29/h5-7H,2-4H2,1H3,(H,20,25). The Morgan fingerprint density at radius 3 is 2.21 bits per heavy atom. The van der Waals surface area contributed by atoms with Crippen LogP contribution in [0.25, 0.3) is 0 Å². The fourth-order valence-corrected chi connectivity index (χ4v) is 2.64. The second-order valence-corrected chi connectivity index (χ2v) is 6.21. The number of non-ortho nitro benzene ring substituents is 2. The number of nitrogens with zero attached hydrogens (tertiary/aromatic N) is 4. The van der Waals surface area contributed by atoms with E-state index in [1.165, 1.54) is 6.92 Å². The normalized spacial score (nSPS) is 11.3. The van der Waals surface area contributed by atoms with E-state index >= 15 is 0 Å². The Hall–Kier alpha value is -3.22. The van der Waals surface area contributed by atoms with E-state index in [0.717, 1.165) is 22.9 Å². The van der Waals surface area contributed by atoms with Crippen LogP contribution in [0.2, 0.25) is 5.02 Å². The van der Waals surface area contributed by atoms with E-state index < -0.39 is 44.0 Å². The van der Waals surface area contributed by atoms with Gasteiger partial charge >= 0.3 is 6.18 Å². The zero-order valence-corrected chi connectivity index (χ0v) is 15.5. The summed E-state index contributed by atoms with van der Waals surface area (Å²) in [6, 6.07) is 2.49. The Morgan fingerprint density at radius 2 is 1.76 bits per heavy atom. The monoisotopic (exact) mass is 435 g/mol. The van der Waals surface area contributed by atoms with E-state index in [4.69, 9.17) is 11.6 Å². The van der Waals surface area contributed by atoms with Gasteiger partial charge in [0.15, 0.2) is 5.69 Å². The summed E-state index contributed by atoms with van der Waals surface area (Å²) in [5.74, 6) is -0.803. The first-order valence-corrected chi connectivity index (χ1v) is 8.31. The van der Waals surface area contributed by atoms with Gasteiger partial charge in [0, 0.05) is 25.2 Å². The topological polar surface area (TPSA) is 133 Å². The minimum Gasteiger partial charge on any atom is -0.352 e. The average Bonchev–Trinajstić information content (AvgIpc) is 2.93. The summed E-state index contributed by atoms with van der Waals surface area (Å²) in [5, 5.41) is 27.0. The van der Waals surface area contributed by atoms with E-state index in [1.54, 1.807) is 0 Å². The van der Waals surface area contributed by atoms with Crippen molar-refractivity contribution in [1.29, 1.82) is 0 Å². The molecule has 14 heteroatoms. The maximum atomic E-state index is 12.8. The van der Waals surface area contributed by atoms with Crippen LogP contribution in [0.15, 0.2) is 18.2 Å². The minimum absolute atomic E-state index is 0.0109. The predicted molar refractivity (Wildman–Crippen MR) is 93.7 cm³/mol. The molecule has 0 fully saturated rings. The van der Waals surface area contributed by atoms with Gasteiger partial charge in [0.25, 0.3) is 17.3 Å². The maximum absolute atomic E-state index is 12.8. The van der Waals surface area contributed by atoms with Crippen molar-refractivity contribution < 1.29 is 27.8 Å². The lowest BCUT2D eigenvalue weighted by Crippen LogP contribution is -2.25. The van der Waals surface area contributed by atoms with Crippen molar-refractivity contribution in [2.24, 2.45) is 0 Å². The van der Waals surface area contributed by atoms with Gasteiger partial charge in [-0.3, -0.25) is 29.7 Å². The van der Waals surface area contributed by atoms with Gasteiger partial charge in [-0.25, -0.2) is 0 Å². The molecule has 0 atom stereocenters. The molecule has 0 aliphatic rings. The third-order valence-electron chi connectivity index (χ3n) is 3.82. The van der Waals surface area contributed by atoms with E-state index in [2.05, 4.69) is 10.4 Å². The van der Waals surface area contributed by atoms with Gasteiger partial charge in [0.05, 0.1) is 32.2 Å². The number of hydrogen-bond donors (Lipinski definition) is 1. The van der Waals surface area contributed by atoms with Gasteiger partial charge in [-0.15, -0.1) is 0 Å². The smallest absolute Gasteiger partial charge is 0.352 e. The van der Waals surface area contributed by atoms with Gasteiger partial charge in [0.1, 0.15) is 0 Å². The molecule has 1 N–H and O–H groups in total. The van der Waals surface area contributed by atoms with Crippen molar-refractivity contribution >= 4 is 28.9 Å². The fourth-order valence-electron chi connectivity index (χ4n) is 2.39. The van der Waals surface area contributed by atoms with Crippen LogP contribution in [0, 0.1) is 27.2 Å². The van der Waals surface area contributed by atoms with E-state index in [9.17, 15) is 38.2 Å². The number of benzene rings is 1. The summed E-state index contributed by atoms with van der Waals surface area (Å²) in [6.45, 7) is 1.36. The molecule has 0 saturated heterocycles. The molecule has 0 saturated carbocycles. The molecule has 1 aromatic carbocycles. The molecule has 156 valence electrons. The van der Waals surface area contributed by atoms with Crippen molar-refractivity contribution in [2.75, 3.05) is 6.54 Å². The first kappa shape index (κ1) is 22.1. The number of amides is 1. The van der Waals surface area contributed by atoms with Crippen LogP contribution in [-0.2, 0) is 12.7 Å². The van der Waals surface area contributed by atoms with Gasteiger partial charge in [-0.1, -0.05) is 11.6 Å². The quantitative estimate of drug-likeness (QED) is 0.402. The van der Waals surface area contributed by atoms with Crippen LogP contribution in [-0.4, -0.2) is 32.1 Å². The second kappa shape index (κ2) is 8.43. The Kier molecular flexibility index (Phi) is 6.41. The molecular weight excluding hydrogens is 423 g/mol. The van der Waals surface area contributed by atoms with Crippen molar-refractivity contribution in [3.63, 3.8) is 0 Å². The van der Waals surface area contributed by atoms with E-state index in [0.29, 0.717) is 0 Å². The van der Waals surface area contributed by atoms with Gasteiger partial charge < -0.3 is 5.32 Å². The highest BCUT2D eigenvalue weighted by atomic mass is 35.5. The summed E-state index contributed by atoms with van der Waals surface area (Å²) < 4.78 is 39.4. The second-order valence-electron chi connectivity index (χ2n) is 5.83. The summed E-state index contributed by atoms with van der Waals surface area (Å²) in [6.07, 6.45) is -4.53. The molecule has 0 radical (unpaired) electrons. The fraction of sp³-hybridized carbons (Fsp3) is 0.333. The molecule has 10 nitrogen and oxygen atoms in total. The predicted octanol–water partition coefficient (Wildman–Crippen LogP) is 3.50. The molecule has 1 aromatic heterocycles. The number of alkyl halides is 3. The molecule has 1 heterocycles. The number of carbonyl (C=O) groups excluding carboxylic acids is 1. The molecular formula is C15H13ClF3N5O5. The highest BCUT2D eigenvalue weighted by molar-refractivity contribution is 6.31. The number of nitro benzene ring substituents is 2. The van der Waals surface area contributed by atoms with Crippen molar-refractivity contribution in [1.82, 2.24) is 15.1 Å². The van der Waals surface area contributed by atoms with Crippen molar-refractivity contribution in [3.05, 3.63) is 60.4 Å². The SMILES string of the molecule is Cc1c(Cl)c(C(F)(F)F)nn1CCCNC(=O)c1cc([N+](=O)[O-])cc([N+](=O)[O-])c1. The number of rotatable bonds is 7. The van der Waals surface area contributed by atoms with E-state index in [-0.39, 0.29) is 30.8 Å². The summed E-state index contributed by atoms with van der Waals surface area (Å²) in [7, 11) is 0. The summed E-state index contributed by atoms with van der Waals surface area (Å²) in [5.41, 5.74) is -2.62. The zero-order valence-electron chi connectivity index (χ0n) is 14.7. The van der Waals surface area contributed by atoms with Crippen molar-refractivity contribution in [3.8, 4) is 0 Å². The molecule has 0 spiro atoms. The number of nitro groups is 2. The van der Waals surface area contributed by atoms with Crippen molar-refractivity contribution in [2.45, 2.75) is 26.1 Å². The van der Waals surface area contributed by atoms with Crippen LogP contribution in [0.4, 0.5) is 24.5 Å². The Morgan fingerprint density at radius 1 is 1.21 bits per heavy atom. The number of halogens is 4. The number of hydrogen-bond acceptors (Lipinski definition) is 6. The highest BCUT2D eigenvalue weighted by Crippen LogP contribution is 2.35. The molecule has 2 rings (SSSR count).